The van der Waals surface area contributed by atoms with E-state index in [-0.39, 0.29) is 10.9 Å². The first kappa shape index (κ1) is 8.31. The van der Waals surface area contributed by atoms with Crippen molar-refractivity contribution in [2.75, 3.05) is 13.1 Å². The number of rotatable bonds is 2. The van der Waals surface area contributed by atoms with Gasteiger partial charge >= 0.3 is 10.9 Å². The number of aromatic nitrogens is 1. The Morgan fingerprint density at radius 2 is 2.38 bits per heavy atom. The van der Waals surface area contributed by atoms with Gasteiger partial charge in [-0.15, -0.1) is 0 Å². The standard InChI is InChI=1S/C7H9N3O2S/c11-6-8-1-2-10(6)3-5-4-13-7(12)9-5/h4H,1-3H2,(H,8,11)(H,9,12). The van der Waals surface area contributed by atoms with Gasteiger partial charge in [0.15, 0.2) is 0 Å². The van der Waals surface area contributed by atoms with Gasteiger partial charge in [-0.05, 0) is 0 Å². The highest BCUT2D eigenvalue weighted by Gasteiger charge is 2.19. The van der Waals surface area contributed by atoms with Crippen LogP contribution in [0.4, 0.5) is 4.79 Å². The van der Waals surface area contributed by atoms with E-state index in [2.05, 4.69) is 10.3 Å². The van der Waals surface area contributed by atoms with Gasteiger partial charge in [-0.2, -0.15) is 0 Å². The average molecular weight is 199 g/mol. The molecule has 0 saturated carbocycles. The molecule has 0 bridgehead atoms. The Hall–Kier alpha value is -1.30. The highest BCUT2D eigenvalue weighted by molar-refractivity contribution is 7.07. The zero-order valence-corrected chi connectivity index (χ0v) is 7.69. The Morgan fingerprint density at radius 3 is 2.92 bits per heavy atom. The zero-order valence-electron chi connectivity index (χ0n) is 6.87. The number of carbonyl (C=O) groups is 1. The third-order valence-corrected chi connectivity index (χ3v) is 2.60. The summed E-state index contributed by atoms with van der Waals surface area (Å²) in [6.07, 6.45) is 0. The molecule has 1 aliphatic rings. The largest absolute Gasteiger partial charge is 0.336 e. The van der Waals surface area contributed by atoms with Crippen molar-refractivity contribution in [3.63, 3.8) is 0 Å². The first-order valence-electron chi connectivity index (χ1n) is 3.95. The van der Waals surface area contributed by atoms with Crippen LogP contribution in [0.5, 0.6) is 0 Å². The molecule has 0 aliphatic carbocycles. The molecule has 1 aromatic rings. The maximum Gasteiger partial charge on any atom is 0.317 e. The minimum atomic E-state index is -0.0744. The zero-order chi connectivity index (χ0) is 9.26. The fourth-order valence-corrected chi connectivity index (χ4v) is 1.83. The van der Waals surface area contributed by atoms with Crippen LogP contribution in [0.15, 0.2) is 10.2 Å². The molecular weight excluding hydrogens is 190 g/mol. The summed E-state index contributed by atoms with van der Waals surface area (Å²) in [5.41, 5.74) is 0.798. The number of nitrogens with zero attached hydrogens (tertiary/aromatic N) is 1. The summed E-state index contributed by atoms with van der Waals surface area (Å²) in [4.78, 5) is 26.2. The molecular formula is C7H9N3O2S. The minimum Gasteiger partial charge on any atom is -0.336 e. The van der Waals surface area contributed by atoms with Crippen molar-refractivity contribution >= 4 is 17.4 Å². The highest BCUT2D eigenvalue weighted by atomic mass is 32.1. The monoisotopic (exact) mass is 199 g/mol. The third kappa shape index (κ3) is 1.72. The van der Waals surface area contributed by atoms with Crippen LogP contribution in [0.25, 0.3) is 0 Å². The summed E-state index contributed by atoms with van der Waals surface area (Å²) in [5.74, 6) is 0. The quantitative estimate of drug-likeness (QED) is 0.702. The number of hydrogen-bond acceptors (Lipinski definition) is 3. The summed E-state index contributed by atoms with van der Waals surface area (Å²) in [7, 11) is 0. The van der Waals surface area contributed by atoms with Crippen LogP contribution < -0.4 is 10.2 Å². The summed E-state index contributed by atoms with van der Waals surface area (Å²) in [6, 6.07) is -0.0629. The van der Waals surface area contributed by atoms with Gasteiger partial charge in [-0.25, -0.2) is 4.79 Å². The Kier molecular flexibility index (Phi) is 2.05. The van der Waals surface area contributed by atoms with E-state index in [0.29, 0.717) is 19.6 Å². The molecule has 70 valence electrons. The Bertz CT molecular complexity index is 370. The highest BCUT2D eigenvalue weighted by Crippen LogP contribution is 2.04. The normalized spacial score (nSPS) is 16.3. The molecule has 0 radical (unpaired) electrons. The number of amides is 2. The average Bonchev–Trinajstić information content (AvgIpc) is 2.64. The van der Waals surface area contributed by atoms with Crippen molar-refractivity contribution in [2.24, 2.45) is 0 Å². The molecule has 2 amide bonds. The van der Waals surface area contributed by atoms with Crippen molar-refractivity contribution in [3.05, 3.63) is 20.7 Å². The van der Waals surface area contributed by atoms with Gasteiger partial charge in [0.25, 0.3) is 0 Å². The van der Waals surface area contributed by atoms with Crippen LogP contribution in [0.1, 0.15) is 5.69 Å². The molecule has 5 nitrogen and oxygen atoms in total. The van der Waals surface area contributed by atoms with Crippen LogP contribution in [0, 0.1) is 0 Å². The molecule has 1 saturated heterocycles. The summed E-state index contributed by atoms with van der Waals surface area (Å²) < 4.78 is 0. The van der Waals surface area contributed by atoms with Crippen molar-refractivity contribution in [1.29, 1.82) is 0 Å². The van der Waals surface area contributed by atoms with Crippen LogP contribution in [-0.4, -0.2) is 29.0 Å². The number of urea groups is 1. The molecule has 2 rings (SSSR count). The van der Waals surface area contributed by atoms with E-state index in [1.165, 1.54) is 0 Å². The van der Waals surface area contributed by atoms with Crippen LogP contribution in [0.3, 0.4) is 0 Å². The van der Waals surface area contributed by atoms with E-state index in [1.807, 2.05) is 0 Å². The van der Waals surface area contributed by atoms with Gasteiger partial charge in [0, 0.05) is 24.2 Å². The maximum absolute atomic E-state index is 11.1. The van der Waals surface area contributed by atoms with Gasteiger partial charge in [0.05, 0.1) is 6.54 Å². The topological polar surface area (TPSA) is 65.2 Å². The molecule has 13 heavy (non-hydrogen) atoms. The molecule has 0 unspecified atom stereocenters. The van der Waals surface area contributed by atoms with E-state index in [0.717, 1.165) is 17.0 Å². The van der Waals surface area contributed by atoms with Crippen LogP contribution >= 0.6 is 11.3 Å². The fraction of sp³-hybridized carbons (Fsp3) is 0.429. The van der Waals surface area contributed by atoms with E-state index in [9.17, 15) is 9.59 Å². The van der Waals surface area contributed by atoms with E-state index < -0.39 is 0 Å². The number of H-pyrrole nitrogens is 1. The van der Waals surface area contributed by atoms with Crippen molar-refractivity contribution in [1.82, 2.24) is 15.2 Å². The Morgan fingerprint density at radius 1 is 1.54 bits per heavy atom. The number of carbonyl (C=O) groups excluding carboxylic acids is 1. The SMILES string of the molecule is O=C1NCCN1Cc1csc(=O)[nH]1. The Balaban J connectivity index is 2.05. The lowest BCUT2D eigenvalue weighted by Gasteiger charge is -2.11. The summed E-state index contributed by atoms with van der Waals surface area (Å²) >= 11 is 1.12. The van der Waals surface area contributed by atoms with Gasteiger partial charge < -0.3 is 15.2 Å². The predicted octanol–water partition coefficient (Wildman–Crippen LogP) is -0.0384. The molecule has 1 aromatic heterocycles. The Labute approximate surface area is 78.4 Å². The first-order chi connectivity index (χ1) is 6.25. The third-order valence-electron chi connectivity index (χ3n) is 1.88. The van der Waals surface area contributed by atoms with Gasteiger partial charge in [-0.3, -0.25) is 4.79 Å². The van der Waals surface area contributed by atoms with Crippen molar-refractivity contribution < 1.29 is 4.79 Å². The number of nitrogens with one attached hydrogen (secondary N) is 2. The van der Waals surface area contributed by atoms with Crippen molar-refractivity contribution in [3.8, 4) is 0 Å². The smallest absolute Gasteiger partial charge is 0.317 e. The van der Waals surface area contributed by atoms with Gasteiger partial charge in [0.2, 0.25) is 0 Å². The molecule has 1 fully saturated rings. The lowest BCUT2D eigenvalue weighted by molar-refractivity contribution is 0.215. The second-order valence-corrected chi connectivity index (χ2v) is 3.67. The predicted molar refractivity (Wildman–Crippen MR) is 48.7 cm³/mol. The molecule has 1 aliphatic heterocycles. The summed E-state index contributed by atoms with van der Waals surface area (Å²) in [5, 5.41) is 4.44. The lowest BCUT2D eigenvalue weighted by Crippen LogP contribution is -2.27. The van der Waals surface area contributed by atoms with E-state index in [4.69, 9.17) is 0 Å². The van der Waals surface area contributed by atoms with E-state index >= 15 is 0 Å². The van der Waals surface area contributed by atoms with Gasteiger partial charge in [-0.1, -0.05) is 11.3 Å². The molecule has 0 aromatic carbocycles. The molecule has 0 spiro atoms. The first-order valence-corrected chi connectivity index (χ1v) is 4.83. The molecule has 0 atom stereocenters. The fourth-order valence-electron chi connectivity index (χ4n) is 1.26. The second kappa shape index (κ2) is 3.21. The number of hydrogen-bond donors (Lipinski definition) is 2. The van der Waals surface area contributed by atoms with Crippen LogP contribution in [0.2, 0.25) is 0 Å². The minimum absolute atomic E-state index is 0.0629. The molecule has 2 heterocycles. The lowest BCUT2D eigenvalue weighted by atomic mass is 10.4. The number of aromatic amines is 1. The molecule has 6 heteroatoms. The van der Waals surface area contributed by atoms with E-state index in [1.54, 1.807) is 10.3 Å². The summed E-state index contributed by atoms with van der Waals surface area (Å²) in [6.45, 7) is 1.88. The van der Waals surface area contributed by atoms with Crippen LogP contribution in [-0.2, 0) is 6.54 Å². The second-order valence-electron chi connectivity index (χ2n) is 2.83. The number of thiazole rings is 1. The molecule has 2 N–H and O–H groups in total. The maximum atomic E-state index is 11.1. The van der Waals surface area contributed by atoms with Crippen molar-refractivity contribution in [2.45, 2.75) is 6.54 Å². The van der Waals surface area contributed by atoms with Gasteiger partial charge in [0.1, 0.15) is 0 Å².